The Bertz CT molecular complexity index is 831. The summed E-state index contributed by atoms with van der Waals surface area (Å²) in [7, 11) is -1.98. The highest BCUT2D eigenvalue weighted by atomic mass is 32.2. The largest absolute Gasteiger partial charge is 0.497 e. The first kappa shape index (κ1) is 20.7. The van der Waals surface area contributed by atoms with Crippen molar-refractivity contribution in [2.75, 3.05) is 20.2 Å². The van der Waals surface area contributed by atoms with Gasteiger partial charge in [-0.1, -0.05) is 6.42 Å². The monoisotopic (exact) mass is 420 g/mol. The standard InChI is InChI=1S/C22H32N2O4S/c1-15(21-14-16-3-4-18(21)13-16)23-22(25)17-9-11-24(12-10-17)29(26,27)20-7-5-19(28-2)6-8-20/h5-8,15-18,21H,3-4,9-14H2,1-2H3,(H,23,25)/t15-,16-,18-,21+/m0/s1. The third-order valence-electron chi connectivity index (χ3n) is 7.33. The van der Waals surface area contributed by atoms with Crippen LogP contribution in [-0.4, -0.2) is 44.9 Å². The number of carbonyl (C=O) groups is 1. The van der Waals surface area contributed by atoms with Crippen LogP contribution in [0.15, 0.2) is 29.2 Å². The van der Waals surface area contributed by atoms with Gasteiger partial charge < -0.3 is 10.1 Å². The van der Waals surface area contributed by atoms with Gasteiger partial charge in [-0.15, -0.1) is 0 Å². The molecule has 3 fully saturated rings. The van der Waals surface area contributed by atoms with Gasteiger partial charge in [0.2, 0.25) is 15.9 Å². The molecule has 1 aromatic carbocycles. The Hall–Kier alpha value is -1.60. The first-order chi connectivity index (χ1) is 13.9. The SMILES string of the molecule is COc1ccc(S(=O)(=O)N2CCC(C(=O)N[C@@H](C)[C@H]3C[C@H]4CC[C@H]3C4)CC2)cc1. The first-order valence-electron chi connectivity index (χ1n) is 10.8. The number of fused-ring (bicyclic) bond motifs is 2. The summed E-state index contributed by atoms with van der Waals surface area (Å²) >= 11 is 0. The number of sulfonamides is 1. The maximum Gasteiger partial charge on any atom is 0.243 e. The molecule has 1 amide bonds. The molecule has 1 aromatic rings. The predicted molar refractivity (Wildman–Crippen MR) is 111 cm³/mol. The smallest absolute Gasteiger partial charge is 0.243 e. The lowest BCUT2D eigenvalue weighted by atomic mass is 9.83. The van der Waals surface area contributed by atoms with E-state index < -0.39 is 10.0 Å². The first-order valence-corrected chi connectivity index (χ1v) is 12.3. The summed E-state index contributed by atoms with van der Waals surface area (Å²) in [4.78, 5) is 13.0. The molecule has 4 atom stereocenters. The van der Waals surface area contributed by atoms with Gasteiger partial charge in [-0.05, 0) is 81.0 Å². The molecule has 1 aliphatic heterocycles. The lowest BCUT2D eigenvalue weighted by Crippen LogP contribution is -2.47. The highest BCUT2D eigenvalue weighted by Gasteiger charge is 2.42. The Morgan fingerprint density at radius 2 is 1.79 bits per heavy atom. The lowest BCUT2D eigenvalue weighted by Gasteiger charge is -2.33. The molecule has 3 aliphatic rings. The second kappa shape index (κ2) is 8.26. The van der Waals surface area contributed by atoms with Gasteiger partial charge >= 0.3 is 0 Å². The number of carbonyl (C=O) groups excluding carboxylic acids is 1. The van der Waals surface area contributed by atoms with Crippen LogP contribution in [0.25, 0.3) is 0 Å². The predicted octanol–water partition coefficient (Wildman–Crippen LogP) is 3.04. The molecule has 1 heterocycles. The van der Waals surface area contributed by atoms with E-state index in [1.807, 2.05) is 0 Å². The number of ether oxygens (including phenoxy) is 1. The second-order valence-corrected chi connectivity index (χ2v) is 10.9. The molecule has 29 heavy (non-hydrogen) atoms. The van der Waals surface area contributed by atoms with Gasteiger partial charge in [-0.2, -0.15) is 4.31 Å². The molecule has 0 spiro atoms. The summed E-state index contributed by atoms with van der Waals surface area (Å²) in [6, 6.07) is 6.68. The zero-order valence-corrected chi connectivity index (χ0v) is 18.2. The van der Waals surface area contributed by atoms with Gasteiger partial charge in [0.05, 0.1) is 12.0 Å². The van der Waals surface area contributed by atoms with E-state index in [4.69, 9.17) is 4.74 Å². The number of nitrogens with zero attached hydrogens (tertiary/aromatic N) is 1. The summed E-state index contributed by atoms with van der Waals surface area (Å²) in [5, 5.41) is 3.25. The van der Waals surface area contributed by atoms with Crippen molar-refractivity contribution in [1.29, 1.82) is 0 Å². The van der Waals surface area contributed by atoms with Gasteiger partial charge in [0.25, 0.3) is 0 Å². The number of amides is 1. The fraction of sp³-hybridized carbons (Fsp3) is 0.682. The molecule has 2 saturated carbocycles. The maximum atomic E-state index is 12.9. The van der Waals surface area contributed by atoms with E-state index in [1.165, 1.54) is 30.0 Å². The van der Waals surface area contributed by atoms with Crippen LogP contribution in [0.5, 0.6) is 5.75 Å². The van der Waals surface area contributed by atoms with E-state index >= 15 is 0 Å². The summed E-state index contributed by atoms with van der Waals surface area (Å²) in [6.45, 7) is 2.91. The van der Waals surface area contributed by atoms with Crippen molar-refractivity contribution in [3.8, 4) is 5.75 Å². The number of hydrogen-bond acceptors (Lipinski definition) is 4. The van der Waals surface area contributed by atoms with Crippen LogP contribution in [0.1, 0.15) is 45.4 Å². The fourth-order valence-electron chi connectivity index (χ4n) is 5.61. The molecule has 6 nitrogen and oxygen atoms in total. The minimum atomic E-state index is -3.53. The number of rotatable bonds is 6. The molecule has 0 aromatic heterocycles. The number of methoxy groups -OCH3 is 1. The van der Waals surface area contributed by atoms with Gasteiger partial charge in [-0.25, -0.2) is 8.42 Å². The minimum absolute atomic E-state index is 0.0987. The molecule has 1 saturated heterocycles. The van der Waals surface area contributed by atoms with Crippen molar-refractivity contribution in [2.24, 2.45) is 23.7 Å². The topological polar surface area (TPSA) is 75.7 Å². The molecule has 1 N–H and O–H groups in total. The van der Waals surface area contributed by atoms with E-state index in [0.717, 1.165) is 11.8 Å². The number of benzene rings is 1. The van der Waals surface area contributed by atoms with Gasteiger partial charge in [0.1, 0.15) is 5.75 Å². The van der Waals surface area contributed by atoms with Crippen LogP contribution in [0.3, 0.4) is 0 Å². The zero-order chi connectivity index (χ0) is 20.6. The van der Waals surface area contributed by atoms with Gasteiger partial charge in [0.15, 0.2) is 0 Å². The molecule has 7 heteroatoms. The molecular formula is C22H32N2O4S. The number of hydrogen-bond donors (Lipinski definition) is 1. The van der Waals surface area contributed by atoms with Crippen LogP contribution in [-0.2, 0) is 14.8 Å². The Labute approximate surface area is 174 Å². The number of nitrogens with one attached hydrogen (secondary N) is 1. The van der Waals surface area contributed by atoms with Crippen molar-refractivity contribution in [3.63, 3.8) is 0 Å². The van der Waals surface area contributed by atoms with Crippen molar-refractivity contribution in [1.82, 2.24) is 9.62 Å². The molecule has 4 rings (SSSR count). The molecule has 2 bridgehead atoms. The van der Waals surface area contributed by atoms with Crippen LogP contribution >= 0.6 is 0 Å². The Kier molecular flexibility index (Phi) is 5.89. The highest BCUT2D eigenvalue weighted by Crippen LogP contribution is 2.49. The quantitative estimate of drug-likeness (QED) is 0.768. The fourth-order valence-corrected chi connectivity index (χ4v) is 7.08. The molecule has 2 aliphatic carbocycles. The summed E-state index contributed by atoms with van der Waals surface area (Å²) in [5.74, 6) is 2.90. The minimum Gasteiger partial charge on any atom is -0.497 e. The molecular weight excluding hydrogens is 388 g/mol. The summed E-state index contributed by atoms with van der Waals surface area (Å²) in [5.41, 5.74) is 0. The summed E-state index contributed by atoms with van der Waals surface area (Å²) < 4.78 is 32.3. The zero-order valence-electron chi connectivity index (χ0n) is 17.3. The Morgan fingerprint density at radius 3 is 2.34 bits per heavy atom. The second-order valence-electron chi connectivity index (χ2n) is 8.99. The lowest BCUT2D eigenvalue weighted by molar-refractivity contribution is -0.127. The van der Waals surface area contributed by atoms with Crippen LogP contribution < -0.4 is 10.1 Å². The van der Waals surface area contributed by atoms with E-state index in [9.17, 15) is 13.2 Å². The highest BCUT2D eigenvalue weighted by molar-refractivity contribution is 7.89. The van der Waals surface area contributed by atoms with Crippen molar-refractivity contribution < 1.29 is 17.9 Å². The third kappa shape index (κ3) is 4.17. The average Bonchev–Trinajstić information content (AvgIpc) is 3.37. The van der Waals surface area contributed by atoms with E-state index in [1.54, 1.807) is 31.4 Å². The Balaban J connectivity index is 1.30. The maximum absolute atomic E-state index is 12.9. The number of piperidine rings is 1. The van der Waals surface area contributed by atoms with E-state index in [2.05, 4.69) is 12.2 Å². The van der Waals surface area contributed by atoms with Gasteiger partial charge in [0, 0.05) is 25.0 Å². The normalized spacial score (nSPS) is 29.0. The molecule has 160 valence electrons. The van der Waals surface area contributed by atoms with Crippen molar-refractivity contribution >= 4 is 15.9 Å². The van der Waals surface area contributed by atoms with Crippen LogP contribution in [0, 0.1) is 23.7 Å². The molecule has 0 radical (unpaired) electrons. The molecule has 0 unspecified atom stereocenters. The van der Waals surface area contributed by atoms with Crippen LogP contribution in [0.2, 0.25) is 0 Å². The Morgan fingerprint density at radius 1 is 1.10 bits per heavy atom. The van der Waals surface area contributed by atoms with Crippen LogP contribution in [0.4, 0.5) is 0 Å². The van der Waals surface area contributed by atoms with Gasteiger partial charge in [-0.3, -0.25) is 4.79 Å². The van der Waals surface area contributed by atoms with E-state index in [0.29, 0.717) is 37.6 Å². The average molecular weight is 421 g/mol. The van der Waals surface area contributed by atoms with E-state index in [-0.39, 0.29) is 22.8 Å². The van der Waals surface area contributed by atoms with Crippen molar-refractivity contribution in [3.05, 3.63) is 24.3 Å². The van der Waals surface area contributed by atoms with Crippen molar-refractivity contribution in [2.45, 2.75) is 56.4 Å². The summed E-state index contributed by atoms with van der Waals surface area (Å²) in [6.07, 6.45) is 6.42. The third-order valence-corrected chi connectivity index (χ3v) is 9.24.